The summed E-state index contributed by atoms with van der Waals surface area (Å²) in [5, 5.41) is 0. The molecule has 0 amide bonds. The molecule has 76 valence electrons. The van der Waals surface area contributed by atoms with E-state index in [1.807, 2.05) is 20.8 Å². The molecule has 0 saturated carbocycles. The Labute approximate surface area is 79.6 Å². The first-order valence-corrected chi connectivity index (χ1v) is 5.96. The van der Waals surface area contributed by atoms with E-state index in [0.29, 0.717) is 6.42 Å². The quantitative estimate of drug-likeness (QED) is 0.735. The molecule has 0 aromatic heterocycles. The van der Waals surface area contributed by atoms with Crippen LogP contribution in [0.2, 0.25) is 0 Å². The van der Waals surface area contributed by atoms with Crippen molar-refractivity contribution in [2.45, 2.75) is 45.6 Å². The van der Waals surface area contributed by atoms with Gasteiger partial charge in [0.05, 0.1) is 0 Å². The molecule has 5 heteroatoms. The van der Waals surface area contributed by atoms with Crippen molar-refractivity contribution in [3.8, 4) is 0 Å². The van der Waals surface area contributed by atoms with E-state index in [9.17, 15) is 8.42 Å². The van der Waals surface area contributed by atoms with Crippen molar-refractivity contribution in [3.63, 3.8) is 0 Å². The van der Waals surface area contributed by atoms with Crippen molar-refractivity contribution in [2.75, 3.05) is 0 Å². The highest BCUT2D eigenvalue weighted by Gasteiger charge is 2.33. The third-order valence-electron chi connectivity index (χ3n) is 2.41. The van der Waals surface area contributed by atoms with E-state index in [4.69, 9.17) is 0 Å². The van der Waals surface area contributed by atoms with Gasteiger partial charge in [0.15, 0.2) is 0 Å². The zero-order chi connectivity index (χ0) is 10.1. The molecular formula is C8H16N2O2S. The van der Waals surface area contributed by atoms with Crippen LogP contribution in [-0.2, 0) is 10.2 Å². The molecule has 0 aliphatic carbocycles. The Morgan fingerprint density at radius 2 is 2.15 bits per heavy atom. The molecule has 0 fully saturated rings. The minimum absolute atomic E-state index is 0.341. The van der Waals surface area contributed by atoms with Crippen molar-refractivity contribution in [1.82, 2.24) is 4.72 Å². The van der Waals surface area contributed by atoms with Crippen LogP contribution in [0, 0.1) is 0 Å². The fourth-order valence-corrected chi connectivity index (χ4v) is 2.83. The van der Waals surface area contributed by atoms with Crippen molar-refractivity contribution in [2.24, 2.45) is 4.40 Å². The molecule has 13 heavy (non-hydrogen) atoms. The maximum atomic E-state index is 11.3. The third kappa shape index (κ3) is 2.51. The van der Waals surface area contributed by atoms with Gasteiger partial charge < -0.3 is 0 Å². The summed E-state index contributed by atoms with van der Waals surface area (Å²) in [6.45, 7) is 5.81. The lowest BCUT2D eigenvalue weighted by molar-refractivity contribution is 0.407. The van der Waals surface area contributed by atoms with Gasteiger partial charge in [-0.25, -0.2) is 0 Å². The average Bonchev–Trinajstić information content (AvgIpc) is 2.01. The van der Waals surface area contributed by atoms with Gasteiger partial charge in [0.2, 0.25) is 0 Å². The van der Waals surface area contributed by atoms with Crippen LogP contribution >= 0.6 is 0 Å². The zero-order valence-corrected chi connectivity index (χ0v) is 9.11. The molecule has 1 atom stereocenters. The van der Waals surface area contributed by atoms with Gasteiger partial charge >= 0.3 is 10.2 Å². The first kappa shape index (κ1) is 10.7. The first-order chi connectivity index (χ1) is 5.91. The van der Waals surface area contributed by atoms with Gasteiger partial charge in [-0.15, -0.1) is 0 Å². The van der Waals surface area contributed by atoms with Crippen LogP contribution in [0.3, 0.4) is 0 Å². The van der Waals surface area contributed by atoms with E-state index in [1.165, 1.54) is 0 Å². The predicted molar refractivity (Wildman–Crippen MR) is 53.1 cm³/mol. The molecule has 0 spiro atoms. The lowest BCUT2D eigenvalue weighted by atomic mass is 9.92. The highest BCUT2D eigenvalue weighted by molar-refractivity contribution is 7.88. The summed E-state index contributed by atoms with van der Waals surface area (Å²) < 4.78 is 28.8. The molecule has 0 aromatic rings. The van der Waals surface area contributed by atoms with E-state index in [2.05, 4.69) is 9.12 Å². The summed E-state index contributed by atoms with van der Waals surface area (Å²) in [5.74, 6) is 0. The molecular weight excluding hydrogens is 188 g/mol. The van der Waals surface area contributed by atoms with Crippen LogP contribution in [0.5, 0.6) is 0 Å². The van der Waals surface area contributed by atoms with Crippen molar-refractivity contribution >= 4 is 15.9 Å². The maximum Gasteiger partial charge on any atom is 0.320 e. The first-order valence-electron chi connectivity index (χ1n) is 4.52. The fourth-order valence-electron chi connectivity index (χ4n) is 1.41. The number of nitrogens with zero attached hydrogens (tertiary/aromatic N) is 1. The number of hydrogen-bond acceptors (Lipinski definition) is 2. The van der Waals surface area contributed by atoms with E-state index < -0.39 is 10.2 Å². The Morgan fingerprint density at radius 1 is 1.54 bits per heavy atom. The Hall–Kier alpha value is -0.420. The van der Waals surface area contributed by atoms with E-state index in [1.54, 1.807) is 0 Å². The van der Waals surface area contributed by atoms with Gasteiger partial charge in [0, 0.05) is 17.7 Å². The monoisotopic (exact) mass is 204 g/mol. The Bertz CT molecular complexity index is 321. The lowest BCUT2D eigenvalue weighted by Crippen LogP contribution is -2.49. The smallest absolute Gasteiger partial charge is 0.190 e. The molecule has 1 rings (SSSR count). The normalized spacial score (nSPS) is 32.7. The predicted octanol–water partition coefficient (Wildman–Crippen LogP) is 1.24. The van der Waals surface area contributed by atoms with Gasteiger partial charge in [0.1, 0.15) is 0 Å². The largest absolute Gasteiger partial charge is 0.320 e. The summed E-state index contributed by atoms with van der Waals surface area (Å²) in [5.41, 5.74) is 0.425. The van der Waals surface area contributed by atoms with Crippen LogP contribution < -0.4 is 4.72 Å². The molecule has 1 unspecified atom stereocenters. The van der Waals surface area contributed by atoms with Crippen LogP contribution in [0.15, 0.2) is 4.40 Å². The second kappa shape index (κ2) is 3.38. The van der Waals surface area contributed by atoms with E-state index in [-0.39, 0.29) is 5.54 Å². The molecule has 1 N–H and O–H groups in total. The molecule has 0 aromatic carbocycles. The number of hydrogen-bond donors (Lipinski definition) is 1. The second-order valence-corrected chi connectivity index (χ2v) is 5.02. The van der Waals surface area contributed by atoms with Crippen LogP contribution in [0.25, 0.3) is 0 Å². The lowest BCUT2D eigenvalue weighted by Gasteiger charge is -2.32. The highest BCUT2D eigenvalue weighted by atomic mass is 32.2. The molecule has 1 aliphatic rings. The van der Waals surface area contributed by atoms with Crippen LogP contribution in [0.4, 0.5) is 0 Å². The Kier molecular flexibility index (Phi) is 2.77. The van der Waals surface area contributed by atoms with E-state index in [0.717, 1.165) is 18.6 Å². The maximum absolute atomic E-state index is 11.3. The van der Waals surface area contributed by atoms with Gasteiger partial charge in [-0.2, -0.15) is 17.5 Å². The number of nitrogens with one attached hydrogen (secondary N) is 1. The van der Waals surface area contributed by atoms with Crippen molar-refractivity contribution in [1.29, 1.82) is 0 Å². The third-order valence-corrected chi connectivity index (χ3v) is 3.66. The summed E-state index contributed by atoms with van der Waals surface area (Å²) >= 11 is 0. The van der Waals surface area contributed by atoms with Gasteiger partial charge in [-0.05, 0) is 19.8 Å². The Balaban J connectivity index is 3.02. The molecule has 0 saturated heterocycles. The standard InChI is InChI=1S/C8H16N2O2S/c1-4-7-6-8(3,5-2)10-13(11,12)9-7/h10H,4-6H2,1-3H3. The number of rotatable bonds is 2. The van der Waals surface area contributed by atoms with Crippen LogP contribution in [0.1, 0.15) is 40.0 Å². The second-order valence-electron chi connectivity index (χ2n) is 3.68. The van der Waals surface area contributed by atoms with Crippen molar-refractivity contribution < 1.29 is 8.42 Å². The summed E-state index contributed by atoms with van der Waals surface area (Å²) in [7, 11) is -3.43. The summed E-state index contributed by atoms with van der Waals surface area (Å²) in [4.78, 5) is 0. The summed E-state index contributed by atoms with van der Waals surface area (Å²) in [6, 6.07) is 0. The molecule has 0 bridgehead atoms. The zero-order valence-electron chi connectivity index (χ0n) is 8.29. The molecule has 1 heterocycles. The SMILES string of the molecule is CCC1=NS(=O)(=O)NC(C)(CC)C1. The van der Waals surface area contributed by atoms with Crippen molar-refractivity contribution in [3.05, 3.63) is 0 Å². The Morgan fingerprint density at radius 3 is 2.62 bits per heavy atom. The molecule has 4 nitrogen and oxygen atoms in total. The van der Waals surface area contributed by atoms with Gasteiger partial charge in [0.25, 0.3) is 0 Å². The fraction of sp³-hybridized carbons (Fsp3) is 0.875. The highest BCUT2D eigenvalue weighted by Crippen LogP contribution is 2.22. The van der Waals surface area contributed by atoms with E-state index >= 15 is 0 Å². The minimum Gasteiger partial charge on any atom is -0.190 e. The van der Waals surface area contributed by atoms with Crippen LogP contribution in [-0.4, -0.2) is 19.7 Å². The van der Waals surface area contributed by atoms with Gasteiger partial charge in [-0.3, -0.25) is 0 Å². The van der Waals surface area contributed by atoms with Gasteiger partial charge in [-0.1, -0.05) is 13.8 Å². The average molecular weight is 204 g/mol. The molecule has 1 aliphatic heterocycles. The minimum atomic E-state index is -3.43. The molecule has 0 radical (unpaired) electrons. The topological polar surface area (TPSA) is 58.5 Å². The summed E-state index contributed by atoms with van der Waals surface area (Å²) in [6.07, 6.45) is 2.21.